The quantitative estimate of drug-likeness (QED) is 0.618. The SMILES string of the molecule is CC(=O)c1ccc(NCC2CCCO2)cc1N. The highest BCUT2D eigenvalue weighted by Gasteiger charge is 2.15. The van der Waals surface area contributed by atoms with Crippen molar-refractivity contribution in [3.63, 3.8) is 0 Å². The van der Waals surface area contributed by atoms with E-state index in [2.05, 4.69) is 5.32 Å². The predicted octanol–water partition coefficient (Wildman–Crippen LogP) is 2.06. The minimum Gasteiger partial charge on any atom is -0.398 e. The third-order valence-electron chi connectivity index (χ3n) is 2.99. The van der Waals surface area contributed by atoms with Crippen molar-refractivity contribution in [2.75, 3.05) is 24.2 Å². The van der Waals surface area contributed by atoms with Crippen molar-refractivity contribution < 1.29 is 9.53 Å². The van der Waals surface area contributed by atoms with Gasteiger partial charge in [0.2, 0.25) is 0 Å². The van der Waals surface area contributed by atoms with Crippen LogP contribution in [-0.2, 0) is 4.74 Å². The number of carbonyl (C=O) groups excluding carboxylic acids is 1. The van der Waals surface area contributed by atoms with E-state index in [4.69, 9.17) is 10.5 Å². The topological polar surface area (TPSA) is 64.3 Å². The Morgan fingerprint density at radius 1 is 1.59 bits per heavy atom. The fourth-order valence-corrected chi connectivity index (χ4v) is 2.03. The van der Waals surface area contributed by atoms with Crippen LogP contribution in [0.5, 0.6) is 0 Å². The molecule has 1 aliphatic heterocycles. The number of carbonyl (C=O) groups is 1. The number of Topliss-reactive ketones (excluding diaryl/α,β-unsaturated/α-hetero) is 1. The maximum absolute atomic E-state index is 11.2. The average molecular weight is 234 g/mol. The summed E-state index contributed by atoms with van der Waals surface area (Å²) in [6.07, 6.45) is 2.54. The molecule has 0 aliphatic carbocycles. The lowest BCUT2D eigenvalue weighted by Gasteiger charge is -2.13. The van der Waals surface area contributed by atoms with E-state index in [0.29, 0.717) is 17.4 Å². The highest BCUT2D eigenvalue weighted by Crippen LogP contribution is 2.19. The summed E-state index contributed by atoms with van der Waals surface area (Å²) in [5.41, 5.74) is 7.85. The Morgan fingerprint density at radius 3 is 3.00 bits per heavy atom. The van der Waals surface area contributed by atoms with Crippen molar-refractivity contribution >= 4 is 17.2 Å². The largest absolute Gasteiger partial charge is 0.398 e. The van der Waals surface area contributed by atoms with E-state index in [-0.39, 0.29) is 5.78 Å². The van der Waals surface area contributed by atoms with Gasteiger partial charge >= 0.3 is 0 Å². The number of benzene rings is 1. The van der Waals surface area contributed by atoms with Crippen LogP contribution < -0.4 is 11.1 Å². The summed E-state index contributed by atoms with van der Waals surface area (Å²) >= 11 is 0. The van der Waals surface area contributed by atoms with Gasteiger partial charge in [0.1, 0.15) is 0 Å². The van der Waals surface area contributed by atoms with E-state index >= 15 is 0 Å². The molecular formula is C13H18N2O2. The van der Waals surface area contributed by atoms with Gasteiger partial charge in [0.25, 0.3) is 0 Å². The molecule has 0 amide bonds. The average Bonchev–Trinajstić information content (AvgIpc) is 2.78. The normalized spacial score (nSPS) is 19.2. The summed E-state index contributed by atoms with van der Waals surface area (Å²) in [6.45, 7) is 3.17. The van der Waals surface area contributed by atoms with Crippen molar-refractivity contribution in [3.05, 3.63) is 23.8 Å². The van der Waals surface area contributed by atoms with Crippen LogP contribution in [0.3, 0.4) is 0 Å². The predicted molar refractivity (Wildman–Crippen MR) is 68.3 cm³/mol. The van der Waals surface area contributed by atoms with Gasteiger partial charge in [0.05, 0.1) is 6.10 Å². The first kappa shape index (κ1) is 11.9. The number of anilines is 2. The molecule has 1 saturated heterocycles. The molecule has 4 nitrogen and oxygen atoms in total. The van der Waals surface area contributed by atoms with Crippen molar-refractivity contribution in [3.8, 4) is 0 Å². The van der Waals surface area contributed by atoms with Gasteiger partial charge in [-0.3, -0.25) is 4.79 Å². The van der Waals surface area contributed by atoms with Gasteiger partial charge in [-0.1, -0.05) is 0 Å². The second-order valence-electron chi connectivity index (χ2n) is 4.37. The van der Waals surface area contributed by atoms with E-state index in [1.807, 2.05) is 6.07 Å². The molecule has 1 aromatic rings. The van der Waals surface area contributed by atoms with Gasteiger partial charge in [-0.2, -0.15) is 0 Å². The minimum absolute atomic E-state index is 0.00632. The number of nitrogen functional groups attached to an aromatic ring is 1. The first-order valence-corrected chi connectivity index (χ1v) is 5.93. The summed E-state index contributed by atoms with van der Waals surface area (Å²) in [7, 11) is 0. The number of ether oxygens (including phenoxy) is 1. The van der Waals surface area contributed by atoms with Gasteiger partial charge in [0, 0.05) is 30.1 Å². The van der Waals surface area contributed by atoms with Crippen molar-refractivity contribution in [2.24, 2.45) is 0 Å². The van der Waals surface area contributed by atoms with Crippen LogP contribution in [0.4, 0.5) is 11.4 Å². The van der Waals surface area contributed by atoms with Gasteiger partial charge in [-0.25, -0.2) is 0 Å². The number of hydrogen-bond donors (Lipinski definition) is 2. The van der Waals surface area contributed by atoms with Crippen molar-refractivity contribution in [1.82, 2.24) is 0 Å². The molecule has 0 aromatic heterocycles. The van der Waals surface area contributed by atoms with Crippen LogP contribution in [0, 0.1) is 0 Å². The van der Waals surface area contributed by atoms with Crippen LogP contribution in [0.1, 0.15) is 30.1 Å². The Balaban J connectivity index is 1.97. The third-order valence-corrected chi connectivity index (χ3v) is 2.99. The van der Waals surface area contributed by atoms with Crippen molar-refractivity contribution in [2.45, 2.75) is 25.9 Å². The Morgan fingerprint density at radius 2 is 2.41 bits per heavy atom. The van der Waals surface area contributed by atoms with Gasteiger partial charge in [-0.15, -0.1) is 0 Å². The zero-order chi connectivity index (χ0) is 12.3. The van der Waals surface area contributed by atoms with E-state index in [0.717, 1.165) is 31.7 Å². The minimum atomic E-state index is -0.00632. The summed E-state index contributed by atoms with van der Waals surface area (Å²) < 4.78 is 5.52. The molecule has 1 aromatic carbocycles. The Labute approximate surface area is 101 Å². The molecule has 0 bridgehead atoms. The number of ketones is 1. The van der Waals surface area contributed by atoms with Gasteiger partial charge in [0.15, 0.2) is 5.78 Å². The second-order valence-corrected chi connectivity index (χ2v) is 4.37. The Hall–Kier alpha value is -1.55. The molecule has 1 fully saturated rings. The summed E-state index contributed by atoms with van der Waals surface area (Å²) in [4.78, 5) is 11.2. The van der Waals surface area contributed by atoms with E-state index < -0.39 is 0 Å². The van der Waals surface area contributed by atoms with Crippen LogP contribution in [-0.4, -0.2) is 25.0 Å². The lowest BCUT2D eigenvalue weighted by atomic mass is 10.1. The summed E-state index contributed by atoms with van der Waals surface area (Å²) in [5.74, 6) is -0.00632. The summed E-state index contributed by atoms with van der Waals surface area (Å²) in [6, 6.07) is 5.43. The second kappa shape index (κ2) is 5.19. The van der Waals surface area contributed by atoms with Crippen molar-refractivity contribution in [1.29, 1.82) is 0 Å². The molecule has 1 aliphatic rings. The number of nitrogens with one attached hydrogen (secondary N) is 1. The molecular weight excluding hydrogens is 216 g/mol. The Kier molecular flexibility index (Phi) is 3.64. The fraction of sp³-hybridized carbons (Fsp3) is 0.462. The molecule has 0 radical (unpaired) electrons. The van der Waals surface area contributed by atoms with E-state index in [9.17, 15) is 4.79 Å². The Bertz CT molecular complexity index is 412. The first-order chi connectivity index (χ1) is 8.16. The fourth-order valence-electron chi connectivity index (χ4n) is 2.03. The van der Waals surface area contributed by atoms with Crippen LogP contribution in [0.25, 0.3) is 0 Å². The monoisotopic (exact) mass is 234 g/mol. The highest BCUT2D eigenvalue weighted by molar-refractivity contribution is 5.99. The molecule has 3 N–H and O–H groups in total. The maximum atomic E-state index is 11.2. The van der Waals surface area contributed by atoms with E-state index in [1.165, 1.54) is 6.92 Å². The number of rotatable bonds is 4. The van der Waals surface area contributed by atoms with Crippen LogP contribution in [0.15, 0.2) is 18.2 Å². The van der Waals surface area contributed by atoms with Crippen LogP contribution >= 0.6 is 0 Å². The lowest BCUT2D eigenvalue weighted by Crippen LogP contribution is -2.18. The highest BCUT2D eigenvalue weighted by atomic mass is 16.5. The number of hydrogen-bond acceptors (Lipinski definition) is 4. The molecule has 1 atom stereocenters. The number of nitrogens with two attached hydrogens (primary N) is 1. The lowest BCUT2D eigenvalue weighted by molar-refractivity contribution is 0.101. The molecule has 0 saturated carbocycles. The first-order valence-electron chi connectivity index (χ1n) is 5.93. The zero-order valence-corrected chi connectivity index (χ0v) is 10.0. The van der Waals surface area contributed by atoms with E-state index in [1.54, 1.807) is 12.1 Å². The molecule has 1 heterocycles. The molecule has 17 heavy (non-hydrogen) atoms. The smallest absolute Gasteiger partial charge is 0.161 e. The molecule has 1 unspecified atom stereocenters. The third kappa shape index (κ3) is 2.97. The molecule has 2 rings (SSSR count). The molecule has 92 valence electrons. The van der Waals surface area contributed by atoms with Crippen LogP contribution in [0.2, 0.25) is 0 Å². The summed E-state index contributed by atoms with van der Waals surface area (Å²) in [5, 5.41) is 3.28. The molecule has 0 spiro atoms. The molecule has 4 heteroatoms. The standard InChI is InChI=1S/C13H18N2O2/c1-9(16)12-5-4-10(7-13(12)14)15-8-11-3-2-6-17-11/h4-5,7,11,15H,2-3,6,8,14H2,1H3. The van der Waals surface area contributed by atoms with Gasteiger partial charge < -0.3 is 15.8 Å². The maximum Gasteiger partial charge on any atom is 0.161 e. The van der Waals surface area contributed by atoms with Gasteiger partial charge in [-0.05, 0) is 38.0 Å². The zero-order valence-electron chi connectivity index (χ0n) is 10.0.